The van der Waals surface area contributed by atoms with Crippen LogP contribution in [0.4, 0.5) is 0 Å². The number of phenols is 1. The minimum Gasteiger partial charge on any atom is -0.507 e. The topological polar surface area (TPSA) is 95.5 Å². The smallest absolute Gasteiger partial charge is 0.255 e. The van der Waals surface area contributed by atoms with Crippen molar-refractivity contribution in [1.29, 1.82) is 0 Å². The van der Waals surface area contributed by atoms with Crippen molar-refractivity contribution in [2.24, 2.45) is 0 Å². The molecule has 0 atom stereocenters. The number of amides is 1. The predicted molar refractivity (Wildman–Crippen MR) is 77.2 cm³/mol. The van der Waals surface area contributed by atoms with E-state index >= 15 is 0 Å². The summed E-state index contributed by atoms with van der Waals surface area (Å²) in [5.41, 5.74) is 0.199. The third-order valence-electron chi connectivity index (χ3n) is 2.55. The molecule has 0 unspecified atom stereocenters. The minimum atomic E-state index is -3.36. The van der Waals surface area contributed by atoms with Gasteiger partial charge in [0.2, 0.25) is 10.0 Å². The van der Waals surface area contributed by atoms with Gasteiger partial charge in [0.15, 0.2) is 0 Å². The summed E-state index contributed by atoms with van der Waals surface area (Å²) in [5.74, 6) is -0.559. The molecule has 1 aromatic carbocycles. The quantitative estimate of drug-likeness (QED) is 0.748. The normalized spacial score (nSPS) is 12.2. The average Bonchev–Trinajstić information content (AvgIpc) is 2.26. The number of aryl methyl sites for hydroxylation is 1. The van der Waals surface area contributed by atoms with Gasteiger partial charge in [-0.15, -0.1) is 0 Å². The van der Waals surface area contributed by atoms with Crippen LogP contribution in [0.3, 0.4) is 0 Å². The Morgan fingerprint density at radius 1 is 1.35 bits per heavy atom. The maximum atomic E-state index is 12.0. The van der Waals surface area contributed by atoms with Crippen molar-refractivity contribution in [3.63, 3.8) is 0 Å². The molecular formula is C13H20N2O4S. The van der Waals surface area contributed by atoms with Gasteiger partial charge in [-0.2, -0.15) is 0 Å². The molecule has 0 radical (unpaired) electrons. The van der Waals surface area contributed by atoms with Gasteiger partial charge in [0, 0.05) is 12.1 Å². The van der Waals surface area contributed by atoms with Crippen molar-refractivity contribution in [3.8, 4) is 5.75 Å². The monoisotopic (exact) mass is 300 g/mol. The van der Waals surface area contributed by atoms with E-state index in [1.807, 2.05) is 6.92 Å². The fourth-order valence-electron chi connectivity index (χ4n) is 1.77. The van der Waals surface area contributed by atoms with Crippen LogP contribution in [0.15, 0.2) is 18.2 Å². The first-order valence-electron chi connectivity index (χ1n) is 6.07. The van der Waals surface area contributed by atoms with E-state index in [-0.39, 0.29) is 17.9 Å². The molecule has 1 aromatic rings. The van der Waals surface area contributed by atoms with Gasteiger partial charge in [0.05, 0.1) is 11.8 Å². The molecule has 0 fully saturated rings. The summed E-state index contributed by atoms with van der Waals surface area (Å²) in [6.07, 6.45) is 1.06. The van der Waals surface area contributed by atoms with Gasteiger partial charge in [-0.05, 0) is 32.9 Å². The van der Waals surface area contributed by atoms with E-state index in [9.17, 15) is 18.3 Å². The third kappa shape index (κ3) is 5.18. The van der Waals surface area contributed by atoms with Crippen molar-refractivity contribution < 1.29 is 18.3 Å². The summed E-state index contributed by atoms with van der Waals surface area (Å²) in [5, 5.41) is 12.3. The number of hydrogen-bond acceptors (Lipinski definition) is 4. The van der Waals surface area contributed by atoms with Crippen molar-refractivity contribution in [2.45, 2.75) is 26.3 Å². The van der Waals surface area contributed by atoms with Crippen LogP contribution in [0.25, 0.3) is 0 Å². The second-order valence-corrected chi connectivity index (χ2v) is 7.21. The number of phenolic OH excluding ortho intramolecular Hbond substituents is 1. The summed E-state index contributed by atoms with van der Waals surface area (Å²) in [6, 6.07) is 4.72. The molecule has 3 N–H and O–H groups in total. The van der Waals surface area contributed by atoms with E-state index in [0.29, 0.717) is 0 Å². The molecule has 7 heteroatoms. The van der Waals surface area contributed by atoms with Crippen molar-refractivity contribution in [1.82, 2.24) is 10.0 Å². The lowest BCUT2D eigenvalue weighted by atomic mass is 10.1. The molecule has 1 rings (SSSR count). The molecule has 1 amide bonds. The van der Waals surface area contributed by atoms with Gasteiger partial charge in [-0.25, -0.2) is 13.1 Å². The summed E-state index contributed by atoms with van der Waals surface area (Å²) in [4.78, 5) is 12.0. The number of benzene rings is 1. The van der Waals surface area contributed by atoms with Crippen LogP contribution in [0.1, 0.15) is 29.8 Å². The molecule has 20 heavy (non-hydrogen) atoms. The second kappa shape index (κ2) is 5.80. The number of aromatic hydroxyl groups is 1. The van der Waals surface area contributed by atoms with Crippen molar-refractivity contribution in [2.75, 3.05) is 12.8 Å². The van der Waals surface area contributed by atoms with E-state index in [1.54, 1.807) is 26.0 Å². The lowest BCUT2D eigenvalue weighted by Crippen LogP contribution is -2.51. The zero-order chi connectivity index (χ0) is 15.6. The summed E-state index contributed by atoms with van der Waals surface area (Å²) >= 11 is 0. The molecule has 0 saturated heterocycles. The maximum absolute atomic E-state index is 12.0. The van der Waals surface area contributed by atoms with E-state index < -0.39 is 21.5 Å². The number of carbonyl (C=O) groups excluding carboxylic acids is 1. The van der Waals surface area contributed by atoms with Crippen molar-refractivity contribution in [3.05, 3.63) is 29.3 Å². The molecule has 0 spiro atoms. The molecule has 0 saturated carbocycles. The highest BCUT2D eigenvalue weighted by molar-refractivity contribution is 7.88. The average molecular weight is 300 g/mol. The van der Waals surface area contributed by atoms with E-state index in [1.165, 1.54) is 6.07 Å². The van der Waals surface area contributed by atoms with Crippen LogP contribution in [-0.4, -0.2) is 37.8 Å². The zero-order valence-corrected chi connectivity index (χ0v) is 12.8. The molecule has 0 aliphatic heterocycles. The molecule has 0 aliphatic rings. The van der Waals surface area contributed by atoms with Crippen LogP contribution in [0.5, 0.6) is 5.75 Å². The van der Waals surface area contributed by atoms with Crippen LogP contribution in [0, 0.1) is 6.92 Å². The van der Waals surface area contributed by atoms with Gasteiger partial charge in [-0.3, -0.25) is 4.79 Å². The summed E-state index contributed by atoms with van der Waals surface area (Å²) < 4.78 is 24.8. The molecule has 112 valence electrons. The Balaban J connectivity index is 2.75. The zero-order valence-electron chi connectivity index (χ0n) is 12.0. The molecule has 0 aliphatic carbocycles. The Hall–Kier alpha value is -1.60. The SMILES string of the molecule is Cc1ccc(O)c(C(=O)NCC(C)(C)NS(C)(=O)=O)c1. The Morgan fingerprint density at radius 3 is 2.50 bits per heavy atom. The number of sulfonamides is 1. The Bertz CT molecular complexity index is 609. The highest BCUT2D eigenvalue weighted by atomic mass is 32.2. The number of rotatable bonds is 5. The molecule has 0 aromatic heterocycles. The first kappa shape index (κ1) is 16.5. The number of nitrogens with one attached hydrogen (secondary N) is 2. The van der Waals surface area contributed by atoms with E-state index in [4.69, 9.17) is 0 Å². The number of hydrogen-bond donors (Lipinski definition) is 3. The van der Waals surface area contributed by atoms with E-state index in [2.05, 4.69) is 10.0 Å². The van der Waals surface area contributed by atoms with Gasteiger partial charge < -0.3 is 10.4 Å². The molecular weight excluding hydrogens is 280 g/mol. The molecule has 0 heterocycles. The van der Waals surface area contributed by atoms with Gasteiger partial charge in [0.25, 0.3) is 5.91 Å². The highest BCUT2D eigenvalue weighted by Gasteiger charge is 2.23. The fourth-order valence-corrected chi connectivity index (χ4v) is 2.84. The molecule has 0 bridgehead atoms. The first-order chi connectivity index (χ1) is 9.00. The molecule has 6 nitrogen and oxygen atoms in total. The third-order valence-corrected chi connectivity index (χ3v) is 3.47. The lowest BCUT2D eigenvalue weighted by molar-refractivity contribution is 0.0941. The van der Waals surface area contributed by atoms with Crippen LogP contribution >= 0.6 is 0 Å². The standard InChI is InChI=1S/C13H20N2O4S/c1-9-5-6-11(16)10(7-9)12(17)14-8-13(2,3)15-20(4,18)19/h5-7,15-16H,8H2,1-4H3,(H,14,17). The Morgan fingerprint density at radius 2 is 1.95 bits per heavy atom. The Kier molecular flexibility index (Phi) is 4.77. The number of carbonyl (C=O) groups is 1. The highest BCUT2D eigenvalue weighted by Crippen LogP contribution is 2.18. The minimum absolute atomic E-state index is 0.103. The fraction of sp³-hybridized carbons (Fsp3) is 0.462. The predicted octanol–water partition coefficient (Wildman–Crippen LogP) is 0.758. The second-order valence-electron chi connectivity index (χ2n) is 5.46. The van der Waals surface area contributed by atoms with Gasteiger partial charge in [-0.1, -0.05) is 11.6 Å². The van der Waals surface area contributed by atoms with Crippen LogP contribution in [-0.2, 0) is 10.0 Å². The maximum Gasteiger partial charge on any atom is 0.255 e. The largest absolute Gasteiger partial charge is 0.507 e. The summed E-state index contributed by atoms with van der Waals surface area (Å²) in [7, 11) is -3.36. The van der Waals surface area contributed by atoms with Gasteiger partial charge >= 0.3 is 0 Å². The summed E-state index contributed by atoms with van der Waals surface area (Å²) in [6.45, 7) is 5.23. The van der Waals surface area contributed by atoms with Gasteiger partial charge in [0.1, 0.15) is 5.75 Å². The van der Waals surface area contributed by atoms with E-state index in [0.717, 1.165) is 11.8 Å². The first-order valence-corrected chi connectivity index (χ1v) is 7.96. The van der Waals surface area contributed by atoms with Crippen LogP contribution in [0.2, 0.25) is 0 Å². The Labute approximate surface area is 119 Å². The van der Waals surface area contributed by atoms with Crippen molar-refractivity contribution >= 4 is 15.9 Å². The van der Waals surface area contributed by atoms with Crippen LogP contribution < -0.4 is 10.0 Å². The lowest BCUT2D eigenvalue weighted by Gasteiger charge is -2.25.